The Morgan fingerprint density at radius 3 is 2.41 bits per heavy atom. The summed E-state index contributed by atoms with van der Waals surface area (Å²) in [4.78, 5) is 12.8. The van der Waals surface area contributed by atoms with Crippen LogP contribution in [-0.4, -0.2) is 20.7 Å². The maximum Gasteiger partial charge on any atom is 0.224 e. The summed E-state index contributed by atoms with van der Waals surface area (Å²) in [6.07, 6.45) is 2.95. The van der Waals surface area contributed by atoms with Crippen molar-refractivity contribution in [3.8, 4) is 0 Å². The van der Waals surface area contributed by atoms with Crippen LogP contribution in [0.1, 0.15) is 55.0 Å². The third kappa shape index (κ3) is 3.91. The molecule has 1 N–H and O–H groups in total. The Bertz CT molecular complexity index is 1240. The largest absolute Gasteiger partial charge is 0.326 e. The van der Waals surface area contributed by atoms with Crippen molar-refractivity contribution in [3.63, 3.8) is 0 Å². The van der Waals surface area contributed by atoms with Gasteiger partial charge in [-0.25, -0.2) is 0 Å². The molecule has 0 unspecified atom stereocenters. The number of aryl methyl sites for hydroxylation is 1. The topological polar surface area (TPSA) is 59.8 Å². The van der Waals surface area contributed by atoms with Gasteiger partial charge in [0, 0.05) is 35.9 Å². The first-order valence-corrected chi connectivity index (χ1v) is 11.4. The highest BCUT2D eigenvalue weighted by molar-refractivity contribution is 6.02. The zero-order valence-electron chi connectivity index (χ0n) is 18.6. The van der Waals surface area contributed by atoms with Gasteiger partial charge in [-0.2, -0.15) is 0 Å². The Labute approximate surface area is 188 Å². The van der Waals surface area contributed by atoms with Gasteiger partial charge >= 0.3 is 0 Å². The number of fused-ring (bicyclic) bond motifs is 2. The molecule has 1 heterocycles. The summed E-state index contributed by atoms with van der Waals surface area (Å²) in [6.45, 7) is 4.32. The number of rotatable bonds is 6. The highest BCUT2D eigenvalue weighted by Gasteiger charge is 2.28. The third-order valence-electron chi connectivity index (χ3n) is 6.36. The van der Waals surface area contributed by atoms with Crippen LogP contribution in [0, 0.1) is 0 Å². The number of amides is 1. The summed E-state index contributed by atoms with van der Waals surface area (Å²) in [7, 11) is 0. The molecule has 1 amide bonds. The number of nitrogens with one attached hydrogen (secondary N) is 1. The van der Waals surface area contributed by atoms with E-state index in [2.05, 4.69) is 70.3 Å². The molecule has 3 aromatic carbocycles. The summed E-state index contributed by atoms with van der Waals surface area (Å²) in [5.74, 6) is 2.27. The van der Waals surface area contributed by atoms with Gasteiger partial charge in [0.25, 0.3) is 0 Å². The standard InChI is InChI=1S/C27H28N4O/c1-18(2)31-25(29-30-27(31)22-16-20-9-3-4-10-21(20)17-22)14-15-26(32)28-24-13-7-11-19-8-5-6-12-23(19)24/h3-13,18,22H,14-17H2,1-2H3,(H,28,32). The van der Waals surface area contributed by atoms with E-state index in [0.29, 0.717) is 18.8 Å². The van der Waals surface area contributed by atoms with E-state index in [9.17, 15) is 4.79 Å². The molecular formula is C27H28N4O. The molecule has 32 heavy (non-hydrogen) atoms. The van der Waals surface area contributed by atoms with E-state index in [1.807, 2.05) is 30.3 Å². The summed E-state index contributed by atoms with van der Waals surface area (Å²) in [5.41, 5.74) is 3.67. The van der Waals surface area contributed by atoms with E-state index in [0.717, 1.165) is 41.0 Å². The van der Waals surface area contributed by atoms with Crippen LogP contribution in [0.3, 0.4) is 0 Å². The SMILES string of the molecule is CC(C)n1c(CCC(=O)Nc2cccc3ccccc23)nnc1C1Cc2ccccc2C1. The maximum absolute atomic E-state index is 12.8. The molecule has 0 atom stereocenters. The minimum absolute atomic E-state index is 0.00511. The number of benzene rings is 3. The number of nitrogens with zero attached hydrogens (tertiary/aromatic N) is 3. The highest BCUT2D eigenvalue weighted by atomic mass is 16.1. The number of anilines is 1. The lowest BCUT2D eigenvalue weighted by Crippen LogP contribution is -2.17. The van der Waals surface area contributed by atoms with Crippen molar-refractivity contribution in [2.45, 2.75) is 51.5 Å². The van der Waals surface area contributed by atoms with Crippen LogP contribution in [-0.2, 0) is 24.1 Å². The Hall–Kier alpha value is -3.47. The lowest BCUT2D eigenvalue weighted by Gasteiger charge is -2.17. The first-order valence-electron chi connectivity index (χ1n) is 11.4. The molecule has 0 saturated carbocycles. The van der Waals surface area contributed by atoms with Crippen molar-refractivity contribution < 1.29 is 4.79 Å². The molecule has 0 aliphatic heterocycles. The zero-order valence-corrected chi connectivity index (χ0v) is 18.6. The van der Waals surface area contributed by atoms with E-state index in [1.165, 1.54) is 11.1 Å². The maximum atomic E-state index is 12.8. The summed E-state index contributed by atoms with van der Waals surface area (Å²) in [6, 6.07) is 22.9. The predicted molar refractivity (Wildman–Crippen MR) is 128 cm³/mol. The van der Waals surface area contributed by atoms with Crippen LogP contribution in [0.2, 0.25) is 0 Å². The van der Waals surface area contributed by atoms with Crippen molar-refractivity contribution in [1.82, 2.24) is 14.8 Å². The Balaban J connectivity index is 1.30. The fraction of sp³-hybridized carbons (Fsp3) is 0.296. The molecule has 4 aromatic rings. The smallest absolute Gasteiger partial charge is 0.224 e. The van der Waals surface area contributed by atoms with Gasteiger partial charge < -0.3 is 9.88 Å². The number of carbonyl (C=O) groups excluding carboxylic acids is 1. The predicted octanol–water partition coefficient (Wildman–Crippen LogP) is 5.47. The number of aromatic nitrogens is 3. The second-order valence-electron chi connectivity index (χ2n) is 8.89. The summed E-state index contributed by atoms with van der Waals surface area (Å²) >= 11 is 0. The fourth-order valence-electron chi connectivity index (χ4n) is 4.86. The monoisotopic (exact) mass is 424 g/mol. The normalized spacial score (nSPS) is 13.6. The highest BCUT2D eigenvalue weighted by Crippen LogP contribution is 2.34. The fourth-order valence-corrected chi connectivity index (χ4v) is 4.86. The van der Waals surface area contributed by atoms with Gasteiger partial charge in [-0.3, -0.25) is 4.79 Å². The van der Waals surface area contributed by atoms with Crippen LogP contribution in [0.25, 0.3) is 10.8 Å². The average Bonchev–Trinajstić information content (AvgIpc) is 3.42. The zero-order chi connectivity index (χ0) is 22.1. The van der Waals surface area contributed by atoms with Crippen molar-refractivity contribution in [3.05, 3.63) is 89.5 Å². The molecule has 0 spiro atoms. The molecule has 0 bridgehead atoms. The molecule has 5 heteroatoms. The van der Waals surface area contributed by atoms with Crippen LogP contribution in [0.4, 0.5) is 5.69 Å². The molecule has 5 nitrogen and oxygen atoms in total. The van der Waals surface area contributed by atoms with Gasteiger partial charge in [-0.15, -0.1) is 10.2 Å². The Morgan fingerprint density at radius 2 is 1.66 bits per heavy atom. The number of carbonyl (C=O) groups is 1. The quantitative estimate of drug-likeness (QED) is 0.447. The molecule has 1 aromatic heterocycles. The molecule has 1 aliphatic rings. The Morgan fingerprint density at radius 1 is 0.969 bits per heavy atom. The first-order chi connectivity index (χ1) is 15.6. The number of hydrogen-bond acceptors (Lipinski definition) is 3. The molecule has 0 saturated heterocycles. The van der Waals surface area contributed by atoms with Gasteiger partial charge in [0.05, 0.1) is 0 Å². The average molecular weight is 425 g/mol. The molecular weight excluding hydrogens is 396 g/mol. The minimum Gasteiger partial charge on any atom is -0.326 e. The van der Waals surface area contributed by atoms with Gasteiger partial charge in [-0.05, 0) is 49.3 Å². The van der Waals surface area contributed by atoms with Gasteiger partial charge in [0.2, 0.25) is 5.91 Å². The number of hydrogen-bond donors (Lipinski definition) is 1. The second kappa shape index (κ2) is 8.58. The van der Waals surface area contributed by atoms with E-state index in [4.69, 9.17) is 0 Å². The lowest BCUT2D eigenvalue weighted by atomic mass is 10.1. The Kier molecular flexibility index (Phi) is 5.48. The van der Waals surface area contributed by atoms with Gasteiger partial charge in [0.1, 0.15) is 11.6 Å². The summed E-state index contributed by atoms with van der Waals surface area (Å²) < 4.78 is 2.24. The molecule has 162 valence electrons. The molecule has 1 aliphatic carbocycles. The molecule has 0 fully saturated rings. The first kappa shape index (κ1) is 20.4. The summed E-state index contributed by atoms with van der Waals surface area (Å²) in [5, 5.41) is 14.3. The van der Waals surface area contributed by atoms with Crippen LogP contribution in [0.5, 0.6) is 0 Å². The van der Waals surface area contributed by atoms with Crippen LogP contribution < -0.4 is 5.32 Å². The van der Waals surface area contributed by atoms with Crippen molar-refractivity contribution in [1.29, 1.82) is 0 Å². The molecule has 5 rings (SSSR count). The van der Waals surface area contributed by atoms with Crippen molar-refractivity contribution in [2.75, 3.05) is 5.32 Å². The minimum atomic E-state index is -0.00511. The van der Waals surface area contributed by atoms with Crippen molar-refractivity contribution in [2.24, 2.45) is 0 Å². The van der Waals surface area contributed by atoms with E-state index in [-0.39, 0.29) is 11.9 Å². The van der Waals surface area contributed by atoms with E-state index >= 15 is 0 Å². The van der Waals surface area contributed by atoms with Crippen LogP contribution >= 0.6 is 0 Å². The van der Waals surface area contributed by atoms with Gasteiger partial charge in [-0.1, -0.05) is 60.7 Å². The molecule has 0 radical (unpaired) electrons. The van der Waals surface area contributed by atoms with Crippen LogP contribution in [0.15, 0.2) is 66.7 Å². The van der Waals surface area contributed by atoms with Crippen molar-refractivity contribution >= 4 is 22.4 Å². The third-order valence-corrected chi connectivity index (χ3v) is 6.36. The van der Waals surface area contributed by atoms with E-state index < -0.39 is 0 Å². The van der Waals surface area contributed by atoms with E-state index in [1.54, 1.807) is 0 Å². The lowest BCUT2D eigenvalue weighted by molar-refractivity contribution is -0.116. The second-order valence-corrected chi connectivity index (χ2v) is 8.89. The van der Waals surface area contributed by atoms with Gasteiger partial charge in [0.15, 0.2) is 0 Å².